The van der Waals surface area contributed by atoms with Crippen LogP contribution in [0, 0.1) is 29.4 Å². The summed E-state index contributed by atoms with van der Waals surface area (Å²) in [6.07, 6.45) is 0.533. The van der Waals surface area contributed by atoms with Crippen LogP contribution in [0.1, 0.15) is 31.4 Å². The number of aryl methyl sites for hydroxylation is 2. The first kappa shape index (κ1) is 17.8. The van der Waals surface area contributed by atoms with Crippen molar-refractivity contribution in [1.29, 1.82) is 0 Å². The molecule has 2 rings (SSSR count). The molecule has 1 fully saturated rings. The number of hydrogen-bond donors (Lipinski definition) is 1. The molecule has 1 unspecified atom stereocenters. The van der Waals surface area contributed by atoms with E-state index in [-0.39, 0.29) is 35.1 Å². The quantitative estimate of drug-likeness (QED) is 0.668. The van der Waals surface area contributed by atoms with Gasteiger partial charge < -0.3 is 5.73 Å². The second-order valence-corrected chi connectivity index (χ2v) is 8.79. The number of rotatable bonds is 3. The molecular weight excluding hydrogens is 318 g/mol. The topological polar surface area (TPSA) is 107 Å². The number of benzene rings is 1. The maximum absolute atomic E-state index is 13.0. The summed E-state index contributed by atoms with van der Waals surface area (Å²) in [5, 5.41) is 11.3. The van der Waals surface area contributed by atoms with E-state index >= 15 is 0 Å². The van der Waals surface area contributed by atoms with Gasteiger partial charge in [0.2, 0.25) is 10.0 Å². The Morgan fingerprint density at radius 2 is 1.87 bits per heavy atom. The van der Waals surface area contributed by atoms with E-state index in [0.717, 1.165) is 0 Å². The summed E-state index contributed by atoms with van der Waals surface area (Å²) in [5.41, 5.74) is 6.70. The van der Waals surface area contributed by atoms with Crippen molar-refractivity contribution in [3.05, 3.63) is 33.4 Å². The molecule has 23 heavy (non-hydrogen) atoms. The van der Waals surface area contributed by atoms with E-state index in [1.807, 2.05) is 13.8 Å². The van der Waals surface area contributed by atoms with Crippen molar-refractivity contribution in [2.45, 2.75) is 45.1 Å². The first-order chi connectivity index (χ1) is 10.5. The molecule has 1 aromatic rings. The van der Waals surface area contributed by atoms with Gasteiger partial charge in [0, 0.05) is 25.2 Å². The third-order valence-corrected chi connectivity index (χ3v) is 6.54. The van der Waals surface area contributed by atoms with Crippen LogP contribution < -0.4 is 5.73 Å². The molecule has 0 bridgehead atoms. The first-order valence-corrected chi connectivity index (χ1v) is 8.92. The van der Waals surface area contributed by atoms with Crippen LogP contribution in [-0.2, 0) is 10.0 Å². The van der Waals surface area contributed by atoms with Crippen molar-refractivity contribution in [2.24, 2.45) is 11.1 Å². The molecule has 1 atom stereocenters. The Morgan fingerprint density at radius 1 is 1.30 bits per heavy atom. The lowest BCUT2D eigenvalue weighted by Crippen LogP contribution is -2.53. The molecule has 128 valence electrons. The summed E-state index contributed by atoms with van der Waals surface area (Å²) in [4.78, 5) is 10.4. The molecule has 1 aromatic carbocycles. The minimum atomic E-state index is -3.94. The second kappa shape index (κ2) is 5.85. The van der Waals surface area contributed by atoms with Gasteiger partial charge in [0.05, 0.1) is 4.92 Å². The number of nitro groups is 1. The van der Waals surface area contributed by atoms with E-state index < -0.39 is 14.9 Å². The molecule has 0 aromatic heterocycles. The van der Waals surface area contributed by atoms with E-state index in [2.05, 4.69) is 0 Å². The zero-order valence-corrected chi connectivity index (χ0v) is 14.7. The average molecular weight is 341 g/mol. The zero-order valence-electron chi connectivity index (χ0n) is 13.9. The summed E-state index contributed by atoms with van der Waals surface area (Å²) in [5.74, 6) is 0. The van der Waals surface area contributed by atoms with Crippen LogP contribution in [0.4, 0.5) is 5.69 Å². The minimum absolute atomic E-state index is 0.0938. The highest BCUT2D eigenvalue weighted by molar-refractivity contribution is 7.89. The van der Waals surface area contributed by atoms with Crippen molar-refractivity contribution in [2.75, 3.05) is 13.1 Å². The van der Waals surface area contributed by atoms with Crippen LogP contribution >= 0.6 is 0 Å². The zero-order chi connectivity index (χ0) is 17.6. The predicted molar refractivity (Wildman–Crippen MR) is 87.7 cm³/mol. The normalized spacial score (nSPS) is 22.0. The summed E-state index contributed by atoms with van der Waals surface area (Å²) in [6, 6.07) is 2.62. The molecular formula is C15H23N3O4S. The van der Waals surface area contributed by atoms with Crippen LogP contribution in [-0.4, -0.2) is 36.8 Å². The molecule has 0 radical (unpaired) electrons. The number of nitro benzene ring substituents is 1. The van der Waals surface area contributed by atoms with E-state index in [9.17, 15) is 18.5 Å². The highest BCUT2D eigenvalue weighted by Crippen LogP contribution is 2.35. The molecule has 0 aliphatic carbocycles. The fourth-order valence-electron chi connectivity index (χ4n) is 2.79. The van der Waals surface area contributed by atoms with Gasteiger partial charge in [0.15, 0.2) is 4.90 Å². The third kappa shape index (κ3) is 3.24. The number of hydrogen-bond acceptors (Lipinski definition) is 5. The molecule has 1 aliphatic heterocycles. The highest BCUT2D eigenvalue weighted by Gasteiger charge is 2.41. The van der Waals surface area contributed by atoms with Gasteiger partial charge in [0.1, 0.15) is 0 Å². The Balaban J connectivity index is 2.52. The predicted octanol–water partition coefficient (Wildman–Crippen LogP) is 1.96. The first-order valence-electron chi connectivity index (χ1n) is 7.48. The van der Waals surface area contributed by atoms with E-state index in [1.165, 1.54) is 16.4 Å². The molecule has 0 amide bonds. The van der Waals surface area contributed by atoms with E-state index in [0.29, 0.717) is 17.5 Å². The largest absolute Gasteiger partial charge is 0.327 e. The molecule has 1 saturated heterocycles. The summed E-state index contributed by atoms with van der Waals surface area (Å²) >= 11 is 0. The van der Waals surface area contributed by atoms with Crippen LogP contribution in [0.5, 0.6) is 0 Å². The van der Waals surface area contributed by atoms with Gasteiger partial charge in [-0.05, 0) is 42.9 Å². The Morgan fingerprint density at radius 3 is 2.39 bits per heavy atom. The Bertz CT molecular complexity index is 743. The highest BCUT2D eigenvalue weighted by atomic mass is 32.2. The van der Waals surface area contributed by atoms with Crippen molar-refractivity contribution < 1.29 is 13.3 Å². The lowest BCUT2D eigenvalue weighted by molar-refractivity contribution is -0.387. The van der Waals surface area contributed by atoms with E-state index in [4.69, 9.17) is 5.73 Å². The maximum Gasteiger partial charge on any atom is 0.289 e. The molecule has 0 saturated carbocycles. The molecule has 7 nitrogen and oxygen atoms in total. The average Bonchev–Trinajstić information content (AvgIpc) is 2.43. The van der Waals surface area contributed by atoms with Gasteiger partial charge in [-0.25, -0.2) is 8.42 Å². The van der Waals surface area contributed by atoms with Gasteiger partial charge in [-0.1, -0.05) is 13.8 Å². The van der Waals surface area contributed by atoms with Gasteiger partial charge in [0.25, 0.3) is 5.69 Å². The SMILES string of the molecule is Cc1cc([N+](=O)[O-])c(S(=O)(=O)N2CCC(N)C(C)(C)C2)cc1C. The lowest BCUT2D eigenvalue weighted by Gasteiger charge is -2.41. The van der Waals surface area contributed by atoms with Crippen molar-refractivity contribution in [3.8, 4) is 0 Å². The molecule has 8 heteroatoms. The minimum Gasteiger partial charge on any atom is -0.327 e. The third-order valence-electron chi connectivity index (χ3n) is 4.67. The summed E-state index contributed by atoms with van der Waals surface area (Å²) in [7, 11) is -3.94. The van der Waals surface area contributed by atoms with Gasteiger partial charge >= 0.3 is 0 Å². The fourth-order valence-corrected chi connectivity index (χ4v) is 4.64. The van der Waals surface area contributed by atoms with E-state index in [1.54, 1.807) is 13.8 Å². The number of piperidine rings is 1. The van der Waals surface area contributed by atoms with Crippen molar-refractivity contribution in [1.82, 2.24) is 4.31 Å². The summed E-state index contributed by atoms with van der Waals surface area (Å²) in [6.45, 7) is 7.82. The number of nitrogens with zero attached hydrogens (tertiary/aromatic N) is 2. The van der Waals surface area contributed by atoms with Crippen LogP contribution in [0.3, 0.4) is 0 Å². The Kier molecular flexibility index (Phi) is 4.53. The number of nitrogens with two attached hydrogens (primary N) is 1. The van der Waals surface area contributed by atoms with Crippen LogP contribution in [0.25, 0.3) is 0 Å². The van der Waals surface area contributed by atoms with Gasteiger partial charge in [-0.2, -0.15) is 4.31 Å². The number of sulfonamides is 1. The molecule has 0 spiro atoms. The van der Waals surface area contributed by atoms with Crippen LogP contribution in [0.15, 0.2) is 17.0 Å². The fraction of sp³-hybridized carbons (Fsp3) is 0.600. The van der Waals surface area contributed by atoms with Crippen molar-refractivity contribution >= 4 is 15.7 Å². The summed E-state index contributed by atoms with van der Waals surface area (Å²) < 4.78 is 27.2. The molecule has 1 aliphatic rings. The Hall–Kier alpha value is -1.51. The Labute approximate surface area is 136 Å². The maximum atomic E-state index is 13.0. The standard InChI is InChI=1S/C15H23N3O4S/c1-10-7-12(18(19)20)13(8-11(10)2)23(21,22)17-6-5-14(16)15(3,4)9-17/h7-8,14H,5-6,9,16H2,1-4H3. The molecule has 1 heterocycles. The van der Waals surface area contributed by atoms with Crippen molar-refractivity contribution in [3.63, 3.8) is 0 Å². The smallest absolute Gasteiger partial charge is 0.289 e. The van der Waals surface area contributed by atoms with Gasteiger partial charge in [-0.15, -0.1) is 0 Å². The van der Waals surface area contributed by atoms with Crippen LogP contribution in [0.2, 0.25) is 0 Å². The van der Waals surface area contributed by atoms with Gasteiger partial charge in [-0.3, -0.25) is 10.1 Å². The monoisotopic (exact) mass is 341 g/mol. The lowest BCUT2D eigenvalue weighted by atomic mass is 9.81. The second-order valence-electron chi connectivity index (χ2n) is 6.88. The molecule has 2 N–H and O–H groups in total.